The lowest BCUT2D eigenvalue weighted by atomic mass is 10.0. The van der Waals surface area contributed by atoms with E-state index in [9.17, 15) is 30.7 Å². The Labute approximate surface area is 91.0 Å². The van der Waals surface area contributed by atoms with Gasteiger partial charge in [0.15, 0.2) is 23.3 Å². The van der Waals surface area contributed by atoms with Crippen LogP contribution >= 0.6 is 0 Å². The maximum absolute atomic E-state index is 13.1. The van der Waals surface area contributed by atoms with Gasteiger partial charge in [-0.3, -0.25) is 0 Å². The maximum Gasteiger partial charge on any atom is 0.407 e. The molecule has 0 saturated heterocycles. The Hall–Kier alpha value is -1.31. The van der Waals surface area contributed by atoms with E-state index in [1.165, 1.54) is 0 Å². The molecule has 0 aliphatic carbocycles. The predicted octanol–water partition coefficient (Wildman–Crippen LogP) is 3.11. The van der Waals surface area contributed by atoms with Crippen molar-refractivity contribution < 1.29 is 30.7 Å². The molecule has 0 saturated carbocycles. The van der Waals surface area contributed by atoms with E-state index >= 15 is 0 Å². The molecule has 1 atom stereocenters. The molecule has 1 rings (SSSR count). The number of hydrogen-bond acceptors (Lipinski definition) is 1. The molecule has 0 spiro atoms. The minimum atomic E-state index is -5.21. The van der Waals surface area contributed by atoms with E-state index in [1.807, 2.05) is 0 Å². The quantitative estimate of drug-likeness (QED) is 0.610. The zero-order valence-corrected chi connectivity index (χ0v) is 8.30. The van der Waals surface area contributed by atoms with Crippen LogP contribution in [0.15, 0.2) is 0 Å². The van der Waals surface area contributed by atoms with Crippen molar-refractivity contribution in [2.45, 2.75) is 19.1 Å². The number of benzene rings is 1. The van der Waals surface area contributed by atoms with Gasteiger partial charge in [0.1, 0.15) is 6.04 Å². The Morgan fingerprint density at radius 1 is 0.882 bits per heavy atom. The molecule has 0 aliphatic rings. The maximum atomic E-state index is 13.1. The minimum absolute atomic E-state index is 0.694. The molecule has 0 unspecified atom stereocenters. The highest BCUT2D eigenvalue weighted by Crippen LogP contribution is 2.35. The summed E-state index contributed by atoms with van der Waals surface area (Å²) in [5.74, 6) is -8.05. The van der Waals surface area contributed by atoms with Gasteiger partial charge in [0, 0.05) is 5.56 Å². The second kappa shape index (κ2) is 4.17. The fourth-order valence-corrected chi connectivity index (χ4v) is 1.20. The van der Waals surface area contributed by atoms with Gasteiger partial charge in [0.2, 0.25) is 0 Å². The molecule has 0 bridgehead atoms. The lowest BCUT2D eigenvalue weighted by molar-refractivity contribution is -0.150. The lowest BCUT2D eigenvalue weighted by Gasteiger charge is -2.18. The highest BCUT2D eigenvalue weighted by atomic mass is 19.4. The lowest BCUT2D eigenvalue weighted by Crippen LogP contribution is -2.31. The fourth-order valence-electron chi connectivity index (χ4n) is 1.20. The summed E-state index contributed by atoms with van der Waals surface area (Å²) in [5.41, 5.74) is 1.62. The van der Waals surface area contributed by atoms with Gasteiger partial charge in [-0.2, -0.15) is 13.2 Å². The molecule has 0 fully saturated rings. The first-order valence-corrected chi connectivity index (χ1v) is 4.23. The molecular weight excluding hydrogens is 255 g/mol. The molecule has 8 heteroatoms. The van der Waals surface area contributed by atoms with Crippen LogP contribution in [0.2, 0.25) is 0 Å². The Bertz CT molecular complexity index is 423. The standard InChI is InChI=1S/C9H6F7N/c1-2-4(10)6(12)3(7(13)5(2)11)8(17)9(14,15)16/h8H,17H2,1H3/t8-/m1/s1. The van der Waals surface area contributed by atoms with Crippen molar-refractivity contribution in [3.8, 4) is 0 Å². The minimum Gasteiger partial charge on any atom is -0.316 e. The van der Waals surface area contributed by atoms with Crippen molar-refractivity contribution in [1.82, 2.24) is 0 Å². The van der Waals surface area contributed by atoms with Gasteiger partial charge in [0.05, 0.1) is 5.56 Å². The number of alkyl halides is 3. The summed E-state index contributed by atoms with van der Waals surface area (Å²) in [6.45, 7) is 0.694. The molecule has 2 N–H and O–H groups in total. The van der Waals surface area contributed by atoms with Gasteiger partial charge in [-0.15, -0.1) is 0 Å². The van der Waals surface area contributed by atoms with Crippen LogP contribution in [-0.2, 0) is 0 Å². The highest BCUT2D eigenvalue weighted by Gasteiger charge is 2.43. The SMILES string of the molecule is Cc1c(F)c(F)c([C@@H](N)C(F)(F)F)c(F)c1F. The highest BCUT2D eigenvalue weighted by molar-refractivity contribution is 5.31. The molecule has 0 aliphatic heterocycles. The predicted molar refractivity (Wildman–Crippen MR) is 44.0 cm³/mol. The van der Waals surface area contributed by atoms with Crippen LogP contribution in [0.1, 0.15) is 17.2 Å². The molecule has 17 heavy (non-hydrogen) atoms. The average Bonchev–Trinajstić information content (AvgIpc) is 2.22. The molecular formula is C9H6F7N. The first-order chi connectivity index (χ1) is 7.59. The molecule has 1 aromatic carbocycles. The van der Waals surface area contributed by atoms with E-state index in [2.05, 4.69) is 5.73 Å². The second-order valence-electron chi connectivity index (χ2n) is 3.31. The second-order valence-corrected chi connectivity index (χ2v) is 3.31. The molecule has 0 amide bonds. The van der Waals surface area contributed by atoms with E-state index in [4.69, 9.17) is 0 Å². The molecule has 0 aromatic heterocycles. The van der Waals surface area contributed by atoms with E-state index in [-0.39, 0.29) is 0 Å². The van der Waals surface area contributed by atoms with Gasteiger partial charge >= 0.3 is 6.18 Å². The van der Waals surface area contributed by atoms with Gasteiger partial charge in [-0.1, -0.05) is 0 Å². The fraction of sp³-hybridized carbons (Fsp3) is 0.333. The van der Waals surface area contributed by atoms with Gasteiger partial charge < -0.3 is 5.73 Å². The zero-order valence-electron chi connectivity index (χ0n) is 8.30. The summed E-state index contributed by atoms with van der Waals surface area (Å²) >= 11 is 0. The average molecular weight is 261 g/mol. The molecule has 0 heterocycles. The summed E-state index contributed by atoms with van der Waals surface area (Å²) in [7, 11) is 0. The van der Waals surface area contributed by atoms with Crippen molar-refractivity contribution in [1.29, 1.82) is 0 Å². The third kappa shape index (κ3) is 2.21. The van der Waals surface area contributed by atoms with Crippen LogP contribution < -0.4 is 5.73 Å². The Morgan fingerprint density at radius 3 is 1.53 bits per heavy atom. The number of nitrogens with two attached hydrogens (primary N) is 1. The van der Waals surface area contributed by atoms with E-state index in [0.29, 0.717) is 6.92 Å². The number of rotatable bonds is 1. The smallest absolute Gasteiger partial charge is 0.316 e. The van der Waals surface area contributed by atoms with Crippen molar-refractivity contribution in [3.05, 3.63) is 34.4 Å². The van der Waals surface area contributed by atoms with Crippen LogP contribution in [0.4, 0.5) is 30.7 Å². The third-order valence-electron chi connectivity index (χ3n) is 2.18. The first-order valence-electron chi connectivity index (χ1n) is 4.23. The van der Waals surface area contributed by atoms with Crippen LogP contribution in [0.25, 0.3) is 0 Å². The van der Waals surface area contributed by atoms with Crippen molar-refractivity contribution in [3.63, 3.8) is 0 Å². The summed E-state index contributed by atoms with van der Waals surface area (Å²) in [5, 5.41) is 0. The number of halogens is 7. The van der Waals surface area contributed by atoms with Crippen LogP contribution in [0.5, 0.6) is 0 Å². The largest absolute Gasteiger partial charge is 0.407 e. The van der Waals surface area contributed by atoms with Crippen LogP contribution in [0, 0.1) is 30.2 Å². The van der Waals surface area contributed by atoms with Crippen molar-refractivity contribution >= 4 is 0 Å². The van der Waals surface area contributed by atoms with E-state index in [0.717, 1.165) is 0 Å². The van der Waals surface area contributed by atoms with Crippen LogP contribution in [0.3, 0.4) is 0 Å². The Morgan fingerprint density at radius 2 is 1.24 bits per heavy atom. The van der Waals surface area contributed by atoms with Gasteiger partial charge in [-0.25, -0.2) is 17.6 Å². The van der Waals surface area contributed by atoms with Gasteiger partial charge in [-0.05, 0) is 6.92 Å². The van der Waals surface area contributed by atoms with E-state index < -0.39 is 46.6 Å². The normalized spacial score (nSPS) is 13.9. The molecule has 1 nitrogen and oxygen atoms in total. The summed E-state index contributed by atoms with van der Waals surface area (Å²) < 4.78 is 88.7. The van der Waals surface area contributed by atoms with Crippen molar-refractivity contribution in [2.75, 3.05) is 0 Å². The number of hydrogen-bond donors (Lipinski definition) is 1. The summed E-state index contributed by atoms with van der Waals surface area (Å²) in [4.78, 5) is 0. The third-order valence-corrected chi connectivity index (χ3v) is 2.18. The zero-order chi connectivity index (χ0) is 13.5. The van der Waals surface area contributed by atoms with Gasteiger partial charge in [0.25, 0.3) is 0 Å². The van der Waals surface area contributed by atoms with Crippen molar-refractivity contribution in [2.24, 2.45) is 5.73 Å². The first kappa shape index (κ1) is 13.8. The summed E-state index contributed by atoms with van der Waals surface area (Å²) in [6, 6.07) is -3.13. The molecule has 96 valence electrons. The van der Waals surface area contributed by atoms with Crippen LogP contribution in [-0.4, -0.2) is 6.18 Å². The van der Waals surface area contributed by atoms with E-state index in [1.54, 1.807) is 0 Å². The molecule has 1 aromatic rings. The monoisotopic (exact) mass is 261 g/mol. The molecule has 0 radical (unpaired) electrons. The topological polar surface area (TPSA) is 26.0 Å². The Balaban J connectivity index is 3.55. The summed E-state index contributed by atoms with van der Waals surface area (Å²) in [6.07, 6.45) is -5.21. The Kier molecular flexibility index (Phi) is 3.37.